The number of para-hydroxylation sites is 2. The molecule has 8 aromatic rings. The molecule has 0 fully saturated rings. The van der Waals surface area contributed by atoms with Crippen LogP contribution in [-0.2, 0) is 5.41 Å². The van der Waals surface area contributed by atoms with Gasteiger partial charge in [0.25, 0.3) is 0 Å². The molecule has 0 atom stereocenters. The summed E-state index contributed by atoms with van der Waals surface area (Å²) >= 11 is 0. The van der Waals surface area contributed by atoms with Gasteiger partial charge in [-0.2, -0.15) is 0 Å². The Hall–Kier alpha value is -5.40. The van der Waals surface area contributed by atoms with Gasteiger partial charge in [0.05, 0.1) is 16.7 Å². The van der Waals surface area contributed by atoms with Crippen molar-refractivity contribution in [2.45, 2.75) is 19.3 Å². The van der Waals surface area contributed by atoms with E-state index in [2.05, 4.69) is 170 Å². The molecule has 1 aliphatic rings. The minimum Gasteiger partial charge on any atom is -0.309 e. The smallest absolute Gasteiger partial charge is 0.0582 e. The number of fused-ring (bicyclic) bond motifs is 6. The lowest BCUT2D eigenvalue weighted by atomic mass is 9.75. The van der Waals surface area contributed by atoms with Crippen LogP contribution < -0.4 is 0 Å². The first-order chi connectivity index (χ1) is 21.6. The van der Waals surface area contributed by atoms with Crippen LogP contribution in [0.1, 0.15) is 25.0 Å². The Bertz CT molecular complexity index is 2410. The number of aromatic nitrogens is 1. The van der Waals surface area contributed by atoms with Crippen LogP contribution in [0, 0.1) is 0 Å². The van der Waals surface area contributed by atoms with Gasteiger partial charge in [-0.25, -0.2) is 0 Å². The molecule has 0 saturated carbocycles. The first kappa shape index (κ1) is 25.1. The van der Waals surface area contributed by atoms with Gasteiger partial charge in [-0.15, -0.1) is 0 Å². The molecule has 7 aromatic carbocycles. The van der Waals surface area contributed by atoms with Crippen molar-refractivity contribution in [2.24, 2.45) is 0 Å². The van der Waals surface area contributed by atoms with E-state index in [1.54, 1.807) is 0 Å². The van der Waals surface area contributed by atoms with Crippen molar-refractivity contribution in [3.63, 3.8) is 0 Å². The summed E-state index contributed by atoms with van der Waals surface area (Å²) in [6.45, 7) is 4.71. The molecular formula is C43H31N. The summed E-state index contributed by atoms with van der Waals surface area (Å²) in [5.41, 5.74) is 14.1. The van der Waals surface area contributed by atoms with Crippen LogP contribution in [-0.4, -0.2) is 4.57 Å². The van der Waals surface area contributed by atoms with Gasteiger partial charge in [0.15, 0.2) is 0 Å². The molecule has 0 N–H and O–H groups in total. The van der Waals surface area contributed by atoms with Crippen LogP contribution in [0.25, 0.3) is 71.6 Å². The maximum Gasteiger partial charge on any atom is 0.0582 e. The molecule has 0 saturated heterocycles. The van der Waals surface area contributed by atoms with E-state index in [-0.39, 0.29) is 5.41 Å². The van der Waals surface area contributed by atoms with Crippen molar-refractivity contribution >= 4 is 32.6 Å². The monoisotopic (exact) mass is 561 g/mol. The lowest BCUT2D eigenvalue weighted by molar-refractivity contribution is 0.630. The van der Waals surface area contributed by atoms with Crippen LogP contribution in [0.4, 0.5) is 0 Å². The second-order valence-corrected chi connectivity index (χ2v) is 12.6. The highest BCUT2D eigenvalue weighted by molar-refractivity contribution is 6.13. The summed E-state index contributed by atoms with van der Waals surface area (Å²) in [5.74, 6) is 0. The molecular weight excluding hydrogens is 530 g/mol. The Morgan fingerprint density at radius 3 is 1.82 bits per heavy atom. The van der Waals surface area contributed by atoms with Gasteiger partial charge < -0.3 is 4.57 Å². The molecule has 0 radical (unpaired) electrons. The molecule has 1 aliphatic heterocycles. The van der Waals surface area contributed by atoms with E-state index < -0.39 is 0 Å². The molecule has 1 heteroatoms. The predicted molar refractivity (Wildman–Crippen MR) is 187 cm³/mol. The van der Waals surface area contributed by atoms with E-state index in [1.807, 2.05) is 0 Å². The van der Waals surface area contributed by atoms with E-state index in [4.69, 9.17) is 0 Å². The minimum absolute atomic E-state index is 0.0591. The second-order valence-electron chi connectivity index (χ2n) is 12.6. The third-order valence-corrected chi connectivity index (χ3v) is 9.79. The maximum absolute atomic E-state index is 2.49. The van der Waals surface area contributed by atoms with Crippen LogP contribution in [0.3, 0.4) is 0 Å². The van der Waals surface area contributed by atoms with Crippen LogP contribution in [0.15, 0.2) is 152 Å². The van der Waals surface area contributed by atoms with E-state index in [0.29, 0.717) is 0 Å². The van der Waals surface area contributed by atoms with Crippen molar-refractivity contribution < 1.29 is 0 Å². The average Bonchev–Trinajstić information content (AvgIpc) is 3.41. The largest absolute Gasteiger partial charge is 0.309 e. The molecule has 1 nitrogen and oxygen atoms in total. The standard InChI is InChI=1S/C43H31N/c1-43(2)38-19-8-9-21-41(38)44-40-25-22-30(27-37(40)36-18-11-20-39(43)42(36)44)29-14-10-15-31(26-29)33-24-23-32(28-12-4-3-5-13-28)34-16-6-7-17-35(33)34/h3-27H,1-2H3. The summed E-state index contributed by atoms with van der Waals surface area (Å²) in [6, 6.07) is 55.8. The van der Waals surface area contributed by atoms with E-state index >= 15 is 0 Å². The van der Waals surface area contributed by atoms with Crippen LogP contribution in [0.5, 0.6) is 0 Å². The third kappa shape index (κ3) is 3.53. The Labute approximate surface area is 257 Å². The van der Waals surface area contributed by atoms with Gasteiger partial charge in [-0.1, -0.05) is 141 Å². The van der Waals surface area contributed by atoms with Gasteiger partial charge in [0.2, 0.25) is 0 Å². The maximum atomic E-state index is 2.49. The number of rotatable bonds is 3. The molecule has 0 aliphatic carbocycles. The van der Waals surface area contributed by atoms with Gasteiger partial charge in [0, 0.05) is 16.2 Å². The van der Waals surface area contributed by atoms with Gasteiger partial charge in [-0.05, 0) is 79.5 Å². The normalized spacial score (nSPS) is 13.4. The average molecular weight is 562 g/mol. The number of hydrogen-bond donors (Lipinski definition) is 0. The quantitative estimate of drug-likeness (QED) is 0.202. The van der Waals surface area contributed by atoms with Crippen molar-refractivity contribution in [1.29, 1.82) is 0 Å². The highest BCUT2D eigenvalue weighted by atomic mass is 15.0. The van der Waals surface area contributed by atoms with E-state index in [0.717, 1.165) is 0 Å². The van der Waals surface area contributed by atoms with Gasteiger partial charge >= 0.3 is 0 Å². The molecule has 9 rings (SSSR count). The molecule has 0 amide bonds. The van der Waals surface area contributed by atoms with Gasteiger partial charge in [0.1, 0.15) is 0 Å². The van der Waals surface area contributed by atoms with Crippen LogP contribution >= 0.6 is 0 Å². The third-order valence-electron chi connectivity index (χ3n) is 9.79. The van der Waals surface area contributed by atoms with Crippen molar-refractivity contribution in [3.8, 4) is 39.1 Å². The van der Waals surface area contributed by atoms with E-state index in [9.17, 15) is 0 Å². The Kier molecular flexibility index (Phi) is 5.31. The summed E-state index contributed by atoms with van der Waals surface area (Å²) in [6.07, 6.45) is 0. The minimum atomic E-state index is -0.0591. The topological polar surface area (TPSA) is 4.93 Å². The molecule has 44 heavy (non-hydrogen) atoms. The highest BCUT2D eigenvalue weighted by Crippen LogP contribution is 2.48. The first-order valence-corrected chi connectivity index (χ1v) is 15.5. The zero-order chi connectivity index (χ0) is 29.4. The fourth-order valence-corrected chi connectivity index (χ4v) is 7.63. The highest BCUT2D eigenvalue weighted by Gasteiger charge is 2.34. The molecule has 0 bridgehead atoms. The summed E-state index contributed by atoms with van der Waals surface area (Å²) < 4.78 is 2.49. The fraction of sp³-hybridized carbons (Fsp3) is 0.0698. The number of benzene rings is 7. The van der Waals surface area contributed by atoms with Crippen molar-refractivity contribution in [2.75, 3.05) is 0 Å². The summed E-state index contributed by atoms with van der Waals surface area (Å²) in [5, 5.41) is 5.17. The zero-order valence-electron chi connectivity index (χ0n) is 24.9. The molecule has 208 valence electrons. The fourth-order valence-electron chi connectivity index (χ4n) is 7.63. The lowest BCUT2D eigenvalue weighted by Crippen LogP contribution is -2.26. The molecule has 2 heterocycles. The second kappa shape index (κ2) is 9.30. The molecule has 0 spiro atoms. The molecule has 0 unspecified atom stereocenters. The number of hydrogen-bond acceptors (Lipinski definition) is 0. The lowest BCUT2D eigenvalue weighted by Gasteiger charge is -2.34. The Balaban J connectivity index is 1.22. The van der Waals surface area contributed by atoms with Crippen molar-refractivity contribution in [3.05, 3.63) is 163 Å². The van der Waals surface area contributed by atoms with Crippen molar-refractivity contribution in [1.82, 2.24) is 4.57 Å². The van der Waals surface area contributed by atoms with Gasteiger partial charge in [-0.3, -0.25) is 0 Å². The summed E-state index contributed by atoms with van der Waals surface area (Å²) in [7, 11) is 0. The summed E-state index contributed by atoms with van der Waals surface area (Å²) in [4.78, 5) is 0. The molecule has 1 aromatic heterocycles. The Morgan fingerprint density at radius 2 is 1.00 bits per heavy atom. The zero-order valence-corrected chi connectivity index (χ0v) is 24.9. The number of nitrogens with zero attached hydrogens (tertiary/aromatic N) is 1. The first-order valence-electron chi connectivity index (χ1n) is 15.5. The van der Waals surface area contributed by atoms with Crippen LogP contribution in [0.2, 0.25) is 0 Å². The Morgan fingerprint density at radius 1 is 0.409 bits per heavy atom. The van der Waals surface area contributed by atoms with E-state index in [1.165, 1.54) is 82.8 Å². The predicted octanol–water partition coefficient (Wildman–Crippen LogP) is 11.6. The SMILES string of the molecule is CC1(C)c2ccccc2-n2c3ccc(-c4cccc(-c5ccc(-c6ccccc6)c6ccccc56)c4)cc3c3cccc1c32.